The van der Waals surface area contributed by atoms with E-state index < -0.39 is 0 Å². The summed E-state index contributed by atoms with van der Waals surface area (Å²) in [5.41, 5.74) is 0. The molecule has 1 heteroatoms. The predicted molar refractivity (Wildman–Crippen MR) is 70.3 cm³/mol. The molecule has 1 nitrogen and oxygen atoms in total. The van der Waals surface area contributed by atoms with Crippen LogP contribution in [-0.4, -0.2) is 23.5 Å². The maximum absolute atomic E-state index is 2.66. The Balaban J connectivity index is 4.20. The third-order valence-electron chi connectivity index (χ3n) is 3.20. The van der Waals surface area contributed by atoms with Crippen LogP contribution in [0, 0.1) is 5.92 Å². The molecule has 0 aliphatic rings. The summed E-state index contributed by atoms with van der Waals surface area (Å²) < 4.78 is 0. The molecule has 0 aromatic rings. The van der Waals surface area contributed by atoms with E-state index in [0.29, 0.717) is 6.04 Å². The Morgan fingerprint density at radius 2 is 1.47 bits per heavy atom. The molecule has 0 amide bonds. The molecule has 15 heavy (non-hydrogen) atoms. The Bertz CT molecular complexity index is 140. The minimum Gasteiger partial charge on any atom is -0.298 e. The summed E-state index contributed by atoms with van der Waals surface area (Å²) in [4.78, 5) is 2.66. The van der Waals surface area contributed by atoms with Gasteiger partial charge in [-0.1, -0.05) is 34.1 Å². The van der Waals surface area contributed by atoms with Gasteiger partial charge in [0.05, 0.1) is 0 Å². The fourth-order valence-corrected chi connectivity index (χ4v) is 2.38. The molecule has 0 aromatic carbocycles. The van der Waals surface area contributed by atoms with E-state index in [9.17, 15) is 0 Å². The number of rotatable bonds is 8. The van der Waals surface area contributed by atoms with Gasteiger partial charge >= 0.3 is 0 Å². The third kappa shape index (κ3) is 6.19. The largest absolute Gasteiger partial charge is 0.298 e. The van der Waals surface area contributed by atoms with E-state index in [0.717, 1.165) is 12.0 Å². The van der Waals surface area contributed by atoms with Crippen LogP contribution in [-0.2, 0) is 0 Å². The molecule has 0 bridgehead atoms. The van der Waals surface area contributed by atoms with Gasteiger partial charge in [0.1, 0.15) is 0 Å². The van der Waals surface area contributed by atoms with Gasteiger partial charge in [0.15, 0.2) is 0 Å². The summed E-state index contributed by atoms with van der Waals surface area (Å²) in [7, 11) is 0. The molecule has 0 rings (SSSR count). The second-order valence-electron chi connectivity index (χ2n) is 5.34. The highest BCUT2D eigenvalue weighted by atomic mass is 15.2. The van der Waals surface area contributed by atoms with E-state index in [1.165, 1.54) is 32.2 Å². The van der Waals surface area contributed by atoms with Gasteiger partial charge < -0.3 is 0 Å². The van der Waals surface area contributed by atoms with Crippen LogP contribution in [0.15, 0.2) is 0 Å². The van der Waals surface area contributed by atoms with Gasteiger partial charge in [0.25, 0.3) is 0 Å². The molecule has 0 fully saturated rings. The minimum atomic E-state index is 0.693. The summed E-state index contributed by atoms with van der Waals surface area (Å²) in [5, 5.41) is 0. The molecule has 0 saturated carbocycles. The molecule has 0 saturated heterocycles. The first kappa shape index (κ1) is 15.0. The lowest BCUT2D eigenvalue weighted by Gasteiger charge is -2.34. The van der Waals surface area contributed by atoms with Crippen molar-refractivity contribution >= 4 is 0 Å². The van der Waals surface area contributed by atoms with Crippen LogP contribution in [0.3, 0.4) is 0 Å². The number of hydrogen-bond donors (Lipinski definition) is 0. The van der Waals surface area contributed by atoms with Crippen molar-refractivity contribution in [2.45, 2.75) is 79.3 Å². The Labute approximate surface area is 97.2 Å². The van der Waals surface area contributed by atoms with Gasteiger partial charge in [-0.2, -0.15) is 0 Å². The molecular weight excluding hydrogens is 182 g/mol. The maximum Gasteiger partial charge on any atom is 0.00978 e. The van der Waals surface area contributed by atoms with Crippen molar-refractivity contribution in [3.63, 3.8) is 0 Å². The van der Waals surface area contributed by atoms with Gasteiger partial charge in [-0.15, -0.1) is 0 Å². The average molecular weight is 213 g/mol. The molecule has 1 unspecified atom stereocenters. The topological polar surface area (TPSA) is 3.24 Å². The van der Waals surface area contributed by atoms with Gasteiger partial charge in [0.2, 0.25) is 0 Å². The molecule has 92 valence electrons. The van der Waals surface area contributed by atoms with E-state index in [-0.39, 0.29) is 0 Å². The lowest BCUT2D eigenvalue weighted by Crippen LogP contribution is -2.40. The molecule has 0 spiro atoms. The Morgan fingerprint density at radius 1 is 0.867 bits per heavy atom. The average Bonchev–Trinajstić information content (AvgIpc) is 2.14. The summed E-state index contributed by atoms with van der Waals surface area (Å²) >= 11 is 0. The molecule has 0 N–H and O–H groups in total. The van der Waals surface area contributed by atoms with Crippen LogP contribution < -0.4 is 0 Å². The zero-order valence-corrected chi connectivity index (χ0v) is 11.7. The lowest BCUT2D eigenvalue weighted by atomic mass is 9.98. The molecule has 0 aliphatic heterocycles. The normalized spacial score (nSPS) is 14.2. The highest BCUT2D eigenvalue weighted by Crippen LogP contribution is 2.18. The number of nitrogens with zero attached hydrogens (tertiary/aromatic N) is 1. The molecule has 0 heterocycles. The molecule has 0 radical (unpaired) electrons. The van der Waals surface area contributed by atoms with Crippen LogP contribution in [0.2, 0.25) is 0 Å². The number of hydrogen-bond acceptors (Lipinski definition) is 1. The van der Waals surface area contributed by atoms with Crippen molar-refractivity contribution in [3.8, 4) is 0 Å². The second kappa shape index (κ2) is 8.15. The van der Waals surface area contributed by atoms with Crippen molar-refractivity contribution in [3.05, 3.63) is 0 Å². The fraction of sp³-hybridized carbons (Fsp3) is 1.00. The molecule has 0 aliphatic carbocycles. The van der Waals surface area contributed by atoms with Crippen LogP contribution in [0.25, 0.3) is 0 Å². The van der Waals surface area contributed by atoms with E-state index in [2.05, 4.69) is 46.4 Å². The predicted octanol–water partition coefficient (Wildman–Crippen LogP) is 4.32. The van der Waals surface area contributed by atoms with E-state index >= 15 is 0 Å². The smallest absolute Gasteiger partial charge is 0.00978 e. The van der Waals surface area contributed by atoms with E-state index in [4.69, 9.17) is 0 Å². The summed E-state index contributed by atoms with van der Waals surface area (Å²) in [6.07, 6.45) is 5.41. The Hall–Kier alpha value is -0.0400. The Morgan fingerprint density at radius 3 is 1.80 bits per heavy atom. The minimum absolute atomic E-state index is 0.693. The van der Waals surface area contributed by atoms with Crippen LogP contribution in [0.5, 0.6) is 0 Å². The third-order valence-corrected chi connectivity index (χ3v) is 3.20. The lowest BCUT2D eigenvalue weighted by molar-refractivity contribution is 0.139. The van der Waals surface area contributed by atoms with Gasteiger partial charge in [-0.25, -0.2) is 0 Å². The molecule has 1 atom stereocenters. The zero-order chi connectivity index (χ0) is 11.8. The van der Waals surface area contributed by atoms with E-state index in [1.807, 2.05) is 0 Å². The van der Waals surface area contributed by atoms with Crippen molar-refractivity contribution in [1.82, 2.24) is 4.90 Å². The molecular formula is C14H31N. The zero-order valence-electron chi connectivity index (χ0n) is 11.7. The van der Waals surface area contributed by atoms with Crippen molar-refractivity contribution < 1.29 is 0 Å². The van der Waals surface area contributed by atoms with Crippen LogP contribution >= 0.6 is 0 Å². The first-order valence-electron chi connectivity index (χ1n) is 6.78. The first-order valence-corrected chi connectivity index (χ1v) is 6.78. The van der Waals surface area contributed by atoms with Crippen molar-refractivity contribution in [2.24, 2.45) is 5.92 Å². The van der Waals surface area contributed by atoms with Crippen LogP contribution in [0.4, 0.5) is 0 Å². The van der Waals surface area contributed by atoms with Crippen molar-refractivity contribution in [1.29, 1.82) is 0 Å². The summed E-state index contributed by atoms with van der Waals surface area (Å²) in [6, 6.07) is 1.50. The van der Waals surface area contributed by atoms with Gasteiger partial charge in [-0.3, -0.25) is 4.90 Å². The second-order valence-corrected chi connectivity index (χ2v) is 5.34. The highest BCUT2D eigenvalue weighted by Gasteiger charge is 2.18. The molecule has 0 aromatic heterocycles. The van der Waals surface area contributed by atoms with Crippen LogP contribution in [0.1, 0.15) is 67.2 Å². The van der Waals surface area contributed by atoms with Crippen molar-refractivity contribution in [2.75, 3.05) is 6.54 Å². The summed E-state index contributed by atoms with van der Waals surface area (Å²) in [5.74, 6) is 0.843. The summed E-state index contributed by atoms with van der Waals surface area (Å²) in [6.45, 7) is 15.1. The quantitative estimate of drug-likeness (QED) is 0.580. The standard InChI is InChI=1S/C14H31N/c1-7-9-14(11-10-12(3)4)15(8-2)13(5)6/h12-14H,7-11H2,1-6H3. The maximum atomic E-state index is 2.66. The van der Waals surface area contributed by atoms with Gasteiger partial charge in [0, 0.05) is 12.1 Å². The Kier molecular flexibility index (Phi) is 8.13. The monoisotopic (exact) mass is 213 g/mol. The highest BCUT2D eigenvalue weighted by molar-refractivity contribution is 4.74. The van der Waals surface area contributed by atoms with Gasteiger partial charge in [-0.05, 0) is 45.6 Å². The first-order chi connectivity index (χ1) is 7.02. The van der Waals surface area contributed by atoms with E-state index in [1.54, 1.807) is 0 Å². The fourth-order valence-electron chi connectivity index (χ4n) is 2.38. The SMILES string of the molecule is CCCC(CCC(C)C)N(CC)C(C)C.